The highest BCUT2D eigenvalue weighted by molar-refractivity contribution is 7.13. The number of pyridine rings is 1. The molecule has 0 aliphatic carbocycles. The van der Waals surface area contributed by atoms with E-state index in [1.165, 1.54) is 6.42 Å². The summed E-state index contributed by atoms with van der Waals surface area (Å²) in [5, 5.41) is 6.29. The zero-order valence-corrected chi connectivity index (χ0v) is 18.4. The molecule has 0 amide bonds. The van der Waals surface area contributed by atoms with Gasteiger partial charge in [-0.15, -0.1) is 11.3 Å². The molecule has 1 fully saturated rings. The maximum Gasteiger partial charge on any atom is 0.187 e. The van der Waals surface area contributed by atoms with E-state index >= 15 is 0 Å². The van der Waals surface area contributed by atoms with Crippen molar-refractivity contribution < 1.29 is 4.74 Å². The third kappa shape index (κ3) is 5.59. The molecule has 4 heterocycles. The van der Waals surface area contributed by atoms with Crippen LogP contribution in [0.25, 0.3) is 0 Å². The van der Waals surface area contributed by atoms with Crippen LogP contribution in [0, 0.1) is 6.92 Å². The molecule has 0 saturated carbocycles. The van der Waals surface area contributed by atoms with E-state index in [0.29, 0.717) is 12.5 Å². The Hall–Kier alpha value is -2.42. The highest BCUT2D eigenvalue weighted by Crippen LogP contribution is 2.29. The lowest BCUT2D eigenvalue weighted by atomic mass is 9.93. The van der Waals surface area contributed by atoms with Gasteiger partial charge in [0, 0.05) is 79.1 Å². The average molecular weight is 425 g/mol. The van der Waals surface area contributed by atoms with Crippen molar-refractivity contribution in [1.29, 1.82) is 0 Å². The molecule has 3 aromatic heterocycles. The van der Waals surface area contributed by atoms with Gasteiger partial charge in [-0.2, -0.15) is 0 Å². The van der Waals surface area contributed by atoms with Gasteiger partial charge in [0.15, 0.2) is 5.13 Å². The summed E-state index contributed by atoms with van der Waals surface area (Å²) < 4.78 is 5.10. The van der Waals surface area contributed by atoms with Crippen LogP contribution in [-0.2, 0) is 17.7 Å². The number of hydrogen-bond donors (Lipinski definition) is 1. The molecule has 158 valence electrons. The van der Waals surface area contributed by atoms with Gasteiger partial charge in [-0.3, -0.25) is 9.88 Å². The van der Waals surface area contributed by atoms with Gasteiger partial charge in [0.25, 0.3) is 0 Å². The molecule has 1 N–H and O–H groups in total. The lowest BCUT2D eigenvalue weighted by Gasteiger charge is -2.32. The van der Waals surface area contributed by atoms with Crippen LogP contribution in [0.4, 0.5) is 10.8 Å². The third-order valence-electron chi connectivity index (χ3n) is 5.28. The first-order valence-corrected chi connectivity index (χ1v) is 11.2. The Morgan fingerprint density at radius 3 is 2.87 bits per heavy atom. The lowest BCUT2D eigenvalue weighted by molar-refractivity contribution is 0.197. The number of ether oxygens (including phenoxy) is 1. The first-order chi connectivity index (χ1) is 14.7. The van der Waals surface area contributed by atoms with Crippen LogP contribution in [-0.4, -0.2) is 51.6 Å². The maximum atomic E-state index is 5.10. The zero-order valence-electron chi connectivity index (χ0n) is 17.5. The SMILES string of the molecule is COCCc1ncc(CN2CCCC(c3cc(Nc4nccs4)cc(C)n3)C2)cn1. The molecular weight excluding hydrogens is 396 g/mol. The van der Waals surface area contributed by atoms with Crippen molar-refractivity contribution in [3.63, 3.8) is 0 Å². The molecule has 0 bridgehead atoms. The molecule has 3 aromatic rings. The second kappa shape index (κ2) is 10.1. The molecule has 8 heteroatoms. The van der Waals surface area contributed by atoms with E-state index in [1.807, 2.05) is 24.0 Å². The van der Waals surface area contributed by atoms with Crippen molar-refractivity contribution in [1.82, 2.24) is 24.8 Å². The van der Waals surface area contributed by atoms with Gasteiger partial charge in [0.2, 0.25) is 0 Å². The monoisotopic (exact) mass is 424 g/mol. The number of piperidine rings is 1. The van der Waals surface area contributed by atoms with Gasteiger partial charge < -0.3 is 10.1 Å². The molecule has 0 spiro atoms. The minimum absolute atomic E-state index is 0.428. The molecule has 1 atom stereocenters. The lowest BCUT2D eigenvalue weighted by Crippen LogP contribution is -2.34. The summed E-state index contributed by atoms with van der Waals surface area (Å²) in [5.41, 5.74) is 4.40. The van der Waals surface area contributed by atoms with E-state index in [4.69, 9.17) is 9.72 Å². The van der Waals surface area contributed by atoms with Crippen LogP contribution >= 0.6 is 11.3 Å². The van der Waals surface area contributed by atoms with Crippen molar-refractivity contribution in [3.05, 3.63) is 58.9 Å². The van der Waals surface area contributed by atoms with E-state index < -0.39 is 0 Å². The Morgan fingerprint density at radius 2 is 2.10 bits per heavy atom. The zero-order chi connectivity index (χ0) is 20.8. The number of aromatic nitrogens is 4. The largest absolute Gasteiger partial charge is 0.384 e. The van der Waals surface area contributed by atoms with Gasteiger partial charge >= 0.3 is 0 Å². The fraction of sp³-hybridized carbons (Fsp3) is 0.455. The molecule has 1 saturated heterocycles. The number of nitrogens with zero attached hydrogens (tertiary/aromatic N) is 5. The van der Waals surface area contributed by atoms with Crippen LogP contribution in [0.1, 0.15) is 41.5 Å². The average Bonchev–Trinajstić information content (AvgIpc) is 3.26. The molecule has 0 radical (unpaired) electrons. The molecule has 30 heavy (non-hydrogen) atoms. The molecule has 4 rings (SSSR count). The van der Waals surface area contributed by atoms with Gasteiger partial charge in [-0.25, -0.2) is 15.0 Å². The normalized spacial score (nSPS) is 17.2. The van der Waals surface area contributed by atoms with Gasteiger partial charge in [-0.1, -0.05) is 0 Å². The van der Waals surface area contributed by atoms with Gasteiger partial charge in [0.1, 0.15) is 5.82 Å². The number of hydrogen-bond acceptors (Lipinski definition) is 8. The number of aryl methyl sites for hydroxylation is 1. The summed E-state index contributed by atoms with van der Waals surface area (Å²) in [7, 11) is 1.70. The molecule has 7 nitrogen and oxygen atoms in total. The summed E-state index contributed by atoms with van der Waals surface area (Å²) in [6.07, 6.45) is 8.79. The van der Waals surface area contributed by atoms with Gasteiger partial charge in [0.05, 0.1) is 6.61 Å². The number of anilines is 2. The second-order valence-electron chi connectivity index (χ2n) is 7.71. The number of thiazole rings is 1. The van der Waals surface area contributed by atoms with Crippen LogP contribution in [0.5, 0.6) is 0 Å². The van der Waals surface area contributed by atoms with Crippen LogP contribution in [0.2, 0.25) is 0 Å². The topological polar surface area (TPSA) is 76.1 Å². The summed E-state index contributed by atoms with van der Waals surface area (Å²) in [6, 6.07) is 4.25. The summed E-state index contributed by atoms with van der Waals surface area (Å²) in [5.74, 6) is 1.26. The Morgan fingerprint density at radius 1 is 1.23 bits per heavy atom. The van der Waals surface area contributed by atoms with Crippen molar-refractivity contribution in [3.8, 4) is 0 Å². The quantitative estimate of drug-likeness (QED) is 0.587. The molecule has 1 aliphatic rings. The minimum Gasteiger partial charge on any atom is -0.384 e. The van der Waals surface area contributed by atoms with Crippen LogP contribution in [0.3, 0.4) is 0 Å². The Kier molecular flexibility index (Phi) is 6.99. The van der Waals surface area contributed by atoms with E-state index in [9.17, 15) is 0 Å². The number of methoxy groups -OCH3 is 1. The fourth-order valence-corrected chi connectivity index (χ4v) is 4.42. The van der Waals surface area contributed by atoms with E-state index in [0.717, 1.165) is 66.1 Å². The Labute approximate surface area is 181 Å². The van der Waals surface area contributed by atoms with Gasteiger partial charge in [-0.05, 0) is 38.4 Å². The number of likely N-dealkylation sites (tertiary alicyclic amines) is 1. The fourth-order valence-electron chi connectivity index (χ4n) is 3.87. The van der Waals surface area contributed by atoms with E-state index in [-0.39, 0.29) is 0 Å². The summed E-state index contributed by atoms with van der Waals surface area (Å²) in [6.45, 7) is 5.67. The van der Waals surface area contributed by atoms with Crippen molar-refractivity contribution in [2.75, 3.05) is 32.1 Å². The molecule has 1 unspecified atom stereocenters. The van der Waals surface area contributed by atoms with Crippen molar-refractivity contribution in [2.24, 2.45) is 0 Å². The van der Waals surface area contributed by atoms with E-state index in [1.54, 1.807) is 18.4 Å². The summed E-state index contributed by atoms with van der Waals surface area (Å²) >= 11 is 1.60. The molecular formula is C22H28N6OS. The third-order valence-corrected chi connectivity index (χ3v) is 5.96. The smallest absolute Gasteiger partial charge is 0.187 e. The first-order valence-electron chi connectivity index (χ1n) is 10.4. The molecule has 0 aromatic carbocycles. The maximum absolute atomic E-state index is 5.10. The predicted octanol–water partition coefficient (Wildman–Crippen LogP) is 3.95. The van der Waals surface area contributed by atoms with Crippen LogP contribution < -0.4 is 5.32 Å². The second-order valence-corrected chi connectivity index (χ2v) is 8.60. The van der Waals surface area contributed by atoms with Crippen molar-refractivity contribution >= 4 is 22.2 Å². The highest BCUT2D eigenvalue weighted by atomic mass is 32.1. The molecule has 1 aliphatic heterocycles. The van der Waals surface area contributed by atoms with E-state index in [2.05, 4.69) is 44.2 Å². The predicted molar refractivity (Wildman–Crippen MR) is 119 cm³/mol. The Balaban J connectivity index is 1.40. The standard InChI is InChI=1S/C22H28N6OS/c1-16-10-19(27-22-23-6-9-30-22)11-20(26-16)18-4-3-7-28(15-18)14-17-12-24-21(25-13-17)5-8-29-2/h6,9-13,18H,3-5,7-8,14-15H2,1-2H3,(H,23,26,27). The summed E-state index contributed by atoms with van der Waals surface area (Å²) in [4.78, 5) is 20.6. The number of nitrogens with one attached hydrogen (secondary N) is 1. The minimum atomic E-state index is 0.428. The van der Waals surface area contributed by atoms with Crippen molar-refractivity contribution in [2.45, 2.75) is 38.6 Å². The highest BCUT2D eigenvalue weighted by Gasteiger charge is 2.23. The Bertz CT molecular complexity index is 931. The van der Waals surface area contributed by atoms with Crippen LogP contribution in [0.15, 0.2) is 36.1 Å². The number of rotatable bonds is 8. The first kappa shape index (κ1) is 20.8.